The molecule has 1 fully saturated rings. The number of H-pyrrole nitrogens is 2. The molecule has 5 heterocycles. The highest BCUT2D eigenvalue weighted by Crippen LogP contribution is 2.35. The number of rotatable bonds is 10. The highest BCUT2D eigenvalue weighted by Gasteiger charge is 2.16. The predicted octanol–water partition coefficient (Wildman–Crippen LogP) is 5.50. The van der Waals surface area contributed by atoms with Crippen LogP contribution in [-0.2, 0) is 16.6 Å². The molecule has 6 aromatic rings. The van der Waals surface area contributed by atoms with Gasteiger partial charge in [-0.05, 0) is 85.1 Å². The fourth-order valence-electron chi connectivity index (χ4n) is 5.87. The number of nitrogens with zero attached hydrogens (tertiary/aromatic N) is 4. The van der Waals surface area contributed by atoms with Crippen molar-refractivity contribution in [2.45, 2.75) is 19.4 Å². The van der Waals surface area contributed by atoms with E-state index in [4.69, 9.17) is 4.74 Å². The van der Waals surface area contributed by atoms with E-state index in [1.54, 1.807) is 24.7 Å². The zero-order chi connectivity index (χ0) is 31.0. The molecule has 1 aliphatic heterocycles. The summed E-state index contributed by atoms with van der Waals surface area (Å²) in [6.45, 7) is 3.77. The number of benzene rings is 2. The number of sulfonamides is 1. The molecule has 10 nitrogen and oxygen atoms in total. The molecule has 7 rings (SSSR count). The van der Waals surface area contributed by atoms with Gasteiger partial charge in [0.25, 0.3) is 0 Å². The maximum atomic E-state index is 14.6. The fraction of sp³-hybridized carbons (Fsp3) is 0.242. The smallest absolute Gasteiger partial charge is 0.209 e. The van der Waals surface area contributed by atoms with Gasteiger partial charge in [0, 0.05) is 41.1 Å². The van der Waals surface area contributed by atoms with Crippen LogP contribution < -0.4 is 9.46 Å². The average Bonchev–Trinajstić information content (AvgIpc) is 3.79. The first-order valence-corrected chi connectivity index (χ1v) is 16.7. The molecule has 1 saturated heterocycles. The van der Waals surface area contributed by atoms with Gasteiger partial charge in [-0.1, -0.05) is 12.1 Å². The molecule has 12 heteroatoms. The monoisotopic (exact) mass is 625 g/mol. The largest absolute Gasteiger partial charge is 0.491 e. The number of aromatic amines is 2. The third-order valence-electron chi connectivity index (χ3n) is 8.06. The van der Waals surface area contributed by atoms with Gasteiger partial charge in [-0.15, -0.1) is 0 Å². The molecular weight excluding hydrogens is 593 g/mol. The van der Waals surface area contributed by atoms with Gasteiger partial charge in [0.05, 0.1) is 35.6 Å². The minimum absolute atomic E-state index is 0.00323. The van der Waals surface area contributed by atoms with Crippen LogP contribution in [0.1, 0.15) is 18.4 Å². The number of hydrogen-bond acceptors (Lipinski definition) is 7. The Morgan fingerprint density at radius 1 is 0.978 bits per heavy atom. The molecule has 45 heavy (non-hydrogen) atoms. The van der Waals surface area contributed by atoms with Crippen molar-refractivity contribution in [2.24, 2.45) is 0 Å². The first kappa shape index (κ1) is 29.1. The van der Waals surface area contributed by atoms with E-state index < -0.39 is 15.8 Å². The van der Waals surface area contributed by atoms with Crippen molar-refractivity contribution < 1.29 is 17.5 Å². The molecular formula is C33H32FN7O3S. The Labute approximate surface area is 259 Å². The molecule has 2 aromatic carbocycles. The molecule has 0 saturated carbocycles. The van der Waals surface area contributed by atoms with Crippen LogP contribution in [0.15, 0.2) is 73.2 Å². The second kappa shape index (κ2) is 12.0. The van der Waals surface area contributed by atoms with Crippen LogP contribution in [0.3, 0.4) is 0 Å². The van der Waals surface area contributed by atoms with Crippen molar-refractivity contribution in [2.75, 3.05) is 32.5 Å². The van der Waals surface area contributed by atoms with E-state index in [9.17, 15) is 12.8 Å². The Balaban J connectivity index is 1.19. The van der Waals surface area contributed by atoms with Crippen molar-refractivity contribution in [1.29, 1.82) is 0 Å². The van der Waals surface area contributed by atoms with Crippen LogP contribution in [0.4, 0.5) is 4.39 Å². The SMILES string of the molecule is CS(=O)(=O)NCc1cc(F)cc(-c2cccc3[nH]c(-c4n[nH]c5cnc(-c6cncc(OCCN7CCCC7)c6)cc45)cc23)c1. The summed E-state index contributed by atoms with van der Waals surface area (Å²) >= 11 is 0. The number of hydrogen-bond donors (Lipinski definition) is 3. The van der Waals surface area contributed by atoms with Crippen molar-refractivity contribution in [1.82, 2.24) is 34.8 Å². The van der Waals surface area contributed by atoms with Crippen LogP contribution in [0.25, 0.3) is 55.6 Å². The van der Waals surface area contributed by atoms with Crippen LogP contribution in [0.2, 0.25) is 0 Å². The summed E-state index contributed by atoms with van der Waals surface area (Å²) in [5.74, 6) is 0.260. The van der Waals surface area contributed by atoms with Gasteiger partial charge in [-0.2, -0.15) is 5.10 Å². The Kier molecular flexibility index (Phi) is 7.78. The van der Waals surface area contributed by atoms with Crippen LogP contribution in [0, 0.1) is 5.82 Å². The number of fused-ring (bicyclic) bond motifs is 2. The quantitative estimate of drug-likeness (QED) is 0.183. The summed E-state index contributed by atoms with van der Waals surface area (Å²) in [4.78, 5) is 14.9. The number of likely N-dealkylation sites (tertiary alicyclic amines) is 1. The lowest BCUT2D eigenvalue weighted by Crippen LogP contribution is -2.25. The molecule has 0 atom stereocenters. The molecule has 1 aliphatic rings. The van der Waals surface area contributed by atoms with Gasteiger partial charge >= 0.3 is 0 Å². The number of aromatic nitrogens is 5. The first-order chi connectivity index (χ1) is 21.8. The van der Waals surface area contributed by atoms with E-state index in [2.05, 4.69) is 34.8 Å². The third kappa shape index (κ3) is 6.44. The normalized spacial score (nSPS) is 14.1. The van der Waals surface area contributed by atoms with Gasteiger partial charge < -0.3 is 9.72 Å². The van der Waals surface area contributed by atoms with E-state index in [0.29, 0.717) is 23.5 Å². The molecule has 4 aromatic heterocycles. The van der Waals surface area contributed by atoms with E-state index in [1.165, 1.54) is 25.0 Å². The highest BCUT2D eigenvalue weighted by atomic mass is 32.2. The third-order valence-corrected chi connectivity index (χ3v) is 8.73. The number of ether oxygens (including phenoxy) is 1. The molecule has 230 valence electrons. The lowest BCUT2D eigenvalue weighted by molar-refractivity contribution is 0.237. The number of nitrogens with one attached hydrogen (secondary N) is 3. The molecule has 0 amide bonds. The Morgan fingerprint density at radius 2 is 1.84 bits per heavy atom. The van der Waals surface area contributed by atoms with Crippen LogP contribution in [-0.4, -0.2) is 71.0 Å². The Bertz CT molecular complexity index is 2120. The zero-order valence-corrected chi connectivity index (χ0v) is 25.5. The molecule has 0 radical (unpaired) electrons. The van der Waals surface area contributed by atoms with Gasteiger partial charge in [0.15, 0.2) is 0 Å². The maximum Gasteiger partial charge on any atom is 0.209 e. The number of pyridine rings is 2. The van der Waals surface area contributed by atoms with E-state index in [1.807, 2.05) is 36.4 Å². The van der Waals surface area contributed by atoms with E-state index >= 15 is 0 Å². The standard InChI is InChI=1S/C33H32FN7O3S/c1-45(42,43)37-17-21-11-22(13-24(34)12-21)26-5-4-6-29-27(26)15-31(38-29)33-28-16-30(36-20-32(28)39-40-33)23-14-25(19-35-18-23)44-10-9-41-7-2-3-8-41/h4-6,11-16,18-20,37-38H,2-3,7-10,17H2,1H3,(H,39,40). The lowest BCUT2D eigenvalue weighted by atomic mass is 9.99. The second-order valence-corrected chi connectivity index (χ2v) is 13.2. The second-order valence-electron chi connectivity index (χ2n) is 11.4. The fourth-order valence-corrected chi connectivity index (χ4v) is 6.30. The molecule has 3 N–H and O–H groups in total. The topological polar surface area (TPSA) is 129 Å². The van der Waals surface area contributed by atoms with E-state index in [-0.39, 0.29) is 6.54 Å². The van der Waals surface area contributed by atoms with Crippen LogP contribution >= 0.6 is 0 Å². The van der Waals surface area contributed by atoms with Gasteiger partial charge in [-0.25, -0.2) is 17.5 Å². The number of halogens is 1. The molecule has 0 spiro atoms. The van der Waals surface area contributed by atoms with Gasteiger partial charge in [0.1, 0.15) is 23.9 Å². The molecule has 0 unspecified atom stereocenters. The van der Waals surface area contributed by atoms with Crippen molar-refractivity contribution in [3.05, 3.63) is 84.6 Å². The summed E-state index contributed by atoms with van der Waals surface area (Å²) in [7, 11) is -3.42. The predicted molar refractivity (Wildman–Crippen MR) is 173 cm³/mol. The maximum absolute atomic E-state index is 14.6. The summed E-state index contributed by atoms with van der Waals surface area (Å²) in [6, 6.07) is 16.3. The molecule has 0 bridgehead atoms. The molecule has 0 aliphatic carbocycles. The summed E-state index contributed by atoms with van der Waals surface area (Å²) in [5.41, 5.74) is 6.71. The Hall–Kier alpha value is -4.65. The Morgan fingerprint density at radius 3 is 2.69 bits per heavy atom. The lowest BCUT2D eigenvalue weighted by Gasteiger charge is -2.15. The van der Waals surface area contributed by atoms with Crippen molar-refractivity contribution in [3.63, 3.8) is 0 Å². The highest BCUT2D eigenvalue weighted by molar-refractivity contribution is 7.88. The minimum Gasteiger partial charge on any atom is -0.491 e. The zero-order valence-electron chi connectivity index (χ0n) is 24.7. The first-order valence-electron chi connectivity index (χ1n) is 14.8. The van der Waals surface area contributed by atoms with Crippen molar-refractivity contribution in [3.8, 4) is 39.5 Å². The summed E-state index contributed by atoms with van der Waals surface area (Å²) in [5, 5.41) is 9.45. The van der Waals surface area contributed by atoms with E-state index in [0.717, 1.165) is 75.9 Å². The van der Waals surface area contributed by atoms with Gasteiger partial charge in [-0.3, -0.25) is 20.0 Å². The average molecular weight is 626 g/mol. The van der Waals surface area contributed by atoms with Gasteiger partial charge in [0.2, 0.25) is 10.0 Å². The minimum atomic E-state index is -3.42. The van der Waals surface area contributed by atoms with Crippen molar-refractivity contribution >= 4 is 31.8 Å². The van der Waals surface area contributed by atoms with Crippen LogP contribution in [0.5, 0.6) is 5.75 Å². The summed E-state index contributed by atoms with van der Waals surface area (Å²) < 4.78 is 46.3. The summed E-state index contributed by atoms with van der Waals surface area (Å²) in [6.07, 6.45) is 8.83.